The zero-order chi connectivity index (χ0) is 33.8. The van der Waals surface area contributed by atoms with E-state index in [9.17, 15) is 23.6 Å². The molecular weight excluding hydrogens is 603 g/mol. The molecule has 1 aliphatic heterocycles. The summed E-state index contributed by atoms with van der Waals surface area (Å²) in [6, 6.07) is 19.7. The molecule has 10 nitrogen and oxygen atoms in total. The van der Waals surface area contributed by atoms with Crippen molar-refractivity contribution in [3.63, 3.8) is 0 Å². The molecule has 0 fully saturated rings. The number of hydrogen-bond donors (Lipinski definition) is 3. The Kier molecular flexibility index (Phi) is 12.7. The van der Waals surface area contributed by atoms with E-state index in [2.05, 4.69) is 16.0 Å². The minimum Gasteiger partial charge on any atom is -0.492 e. The lowest BCUT2D eigenvalue weighted by atomic mass is 10.00. The third-order valence-electron chi connectivity index (χ3n) is 7.88. The molecule has 1 aliphatic rings. The average Bonchev–Trinajstić information content (AvgIpc) is 3.06. The van der Waals surface area contributed by atoms with E-state index in [1.807, 2.05) is 44.2 Å². The summed E-state index contributed by atoms with van der Waals surface area (Å²) in [5.74, 6) is -1.23. The van der Waals surface area contributed by atoms with Crippen molar-refractivity contribution < 1.29 is 33.0 Å². The van der Waals surface area contributed by atoms with Crippen LogP contribution in [0.4, 0.5) is 4.39 Å². The van der Waals surface area contributed by atoms with Crippen molar-refractivity contribution in [1.29, 1.82) is 0 Å². The molecular formula is C36H43FN4O6. The highest BCUT2D eigenvalue weighted by Crippen LogP contribution is 2.21. The molecule has 3 N–H and O–H groups in total. The van der Waals surface area contributed by atoms with Gasteiger partial charge in [0.1, 0.15) is 42.6 Å². The standard InChI is InChI=1S/C36H43FN4O6/c1-24(2)21-31-36(45)41(3)27(22-25-9-5-4-6-10-25)23-47-32-12-8-7-11-29(32)34(43)40-30(17-18-33(42)39-31)35(44)38-19-20-46-28-15-13-26(37)14-16-28/h4-16,24,27,30-31H,17-23H2,1-3H3,(H,38,44)(H,39,42)(H,40,43)/t27-,30+,31+/m1/s1. The maximum Gasteiger partial charge on any atom is 0.255 e. The molecule has 0 radical (unpaired) electrons. The fourth-order valence-corrected chi connectivity index (χ4v) is 5.32. The van der Waals surface area contributed by atoms with Crippen LogP contribution in [0.5, 0.6) is 11.5 Å². The second-order valence-electron chi connectivity index (χ2n) is 12.0. The van der Waals surface area contributed by atoms with E-state index in [1.54, 1.807) is 36.2 Å². The van der Waals surface area contributed by atoms with Gasteiger partial charge in [0.2, 0.25) is 17.7 Å². The van der Waals surface area contributed by atoms with Crippen molar-refractivity contribution in [3.05, 3.63) is 95.8 Å². The average molecular weight is 647 g/mol. The maximum atomic E-state index is 13.9. The lowest BCUT2D eigenvalue weighted by Crippen LogP contribution is -2.53. The largest absolute Gasteiger partial charge is 0.492 e. The number of nitrogens with zero attached hydrogens (tertiary/aromatic N) is 1. The lowest BCUT2D eigenvalue weighted by Gasteiger charge is -2.32. The molecule has 0 aromatic heterocycles. The van der Waals surface area contributed by atoms with Gasteiger partial charge in [-0.25, -0.2) is 4.39 Å². The number of rotatable bonds is 9. The van der Waals surface area contributed by atoms with Gasteiger partial charge in [-0.1, -0.05) is 56.3 Å². The van der Waals surface area contributed by atoms with Gasteiger partial charge in [-0.2, -0.15) is 0 Å². The molecule has 4 amide bonds. The van der Waals surface area contributed by atoms with Crippen LogP contribution in [0.3, 0.4) is 0 Å². The molecule has 250 valence electrons. The SMILES string of the molecule is CC(C)C[C@@H]1NC(=O)CC[C@@H](C(=O)NCCOc2ccc(F)cc2)NC(=O)c2ccccc2OC[C@@H](Cc2ccccc2)N(C)C1=O. The Labute approximate surface area is 275 Å². The predicted molar refractivity (Wildman–Crippen MR) is 175 cm³/mol. The summed E-state index contributed by atoms with van der Waals surface area (Å²) in [6.45, 7) is 4.25. The number of para-hydroxylation sites is 1. The van der Waals surface area contributed by atoms with Gasteiger partial charge in [0.25, 0.3) is 5.91 Å². The first kappa shape index (κ1) is 34.9. The smallest absolute Gasteiger partial charge is 0.255 e. The van der Waals surface area contributed by atoms with E-state index in [4.69, 9.17) is 9.47 Å². The zero-order valence-corrected chi connectivity index (χ0v) is 27.0. The Hall–Kier alpha value is -4.93. The van der Waals surface area contributed by atoms with Crippen molar-refractivity contribution in [2.75, 3.05) is 26.8 Å². The quantitative estimate of drug-likeness (QED) is 0.303. The fourth-order valence-electron chi connectivity index (χ4n) is 5.32. The summed E-state index contributed by atoms with van der Waals surface area (Å²) < 4.78 is 24.9. The zero-order valence-electron chi connectivity index (χ0n) is 27.0. The van der Waals surface area contributed by atoms with Crippen LogP contribution in [-0.2, 0) is 20.8 Å². The number of carbonyl (C=O) groups is 4. The highest BCUT2D eigenvalue weighted by atomic mass is 19.1. The molecule has 47 heavy (non-hydrogen) atoms. The predicted octanol–water partition coefficient (Wildman–Crippen LogP) is 3.89. The minimum absolute atomic E-state index is 0.0136. The van der Waals surface area contributed by atoms with Crippen LogP contribution in [0, 0.1) is 11.7 Å². The highest BCUT2D eigenvalue weighted by Gasteiger charge is 2.31. The summed E-state index contributed by atoms with van der Waals surface area (Å²) in [5, 5.41) is 8.39. The molecule has 0 aliphatic carbocycles. The molecule has 0 spiro atoms. The molecule has 1 heterocycles. The van der Waals surface area contributed by atoms with Gasteiger partial charge in [-0.05, 0) is 67.1 Å². The number of benzene rings is 3. The van der Waals surface area contributed by atoms with Crippen LogP contribution in [0.2, 0.25) is 0 Å². The van der Waals surface area contributed by atoms with Gasteiger partial charge in [0.15, 0.2) is 0 Å². The van der Waals surface area contributed by atoms with Crippen LogP contribution >= 0.6 is 0 Å². The first-order valence-corrected chi connectivity index (χ1v) is 15.9. The number of fused-ring (bicyclic) bond motifs is 1. The van der Waals surface area contributed by atoms with Gasteiger partial charge in [-0.15, -0.1) is 0 Å². The van der Waals surface area contributed by atoms with Gasteiger partial charge < -0.3 is 30.3 Å². The molecule has 3 atom stereocenters. The van der Waals surface area contributed by atoms with Crippen LogP contribution in [0.15, 0.2) is 78.9 Å². The van der Waals surface area contributed by atoms with Crippen molar-refractivity contribution in [1.82, 2.24) is 20.9 Å². The van der Waals surface area contributed by atoms with Gasteiger partial charge in [-0.3, -0.25) is 19.2 Å². The van der Waals surface area contributed by atoms with Crippen molar-refractivity contribution in [2.24, 2.45) is 5.92 Å². The number of carbonyl (C=O) groups excluding carboxylic acids is 4. The Morgan fingerprint density at radius 1 is 1.00 bits per heavy atom. The van der Waals surface area contributed by atoms with Crippen LogP contribution in [-0.4, -0.2) is 73.5 Å². The third kappa shape index (κ3) is 10.6. The number of ether oxygens (including phenoxy) is 2. The lowest BCUT2D eigenvalue weighted by molar-refractivity contribution is -0.138. The highest BCUT2D eigenvalue weighted by molar-refractivity contribution is 5.99. The molecule has 0 bridgehead atoms. The topological polar surface area (TPSA) is 126 Å². The van der Waals surface area contributed by atoms with E-state index in [0.29, 0.717) is 24.3 Å². The number of amides is 4. The second kappa shape index (κ2) is 17.1. The monoisotopic (exact) mass is 646 g/mol. The first-order chi connectivity index (χ1) is 22.6. The second-order valence-corrected chi connectivity index (χ2v) is 12.0. The minimum atomic E-state index is -1.06. The van der Waals surface area contributed by atoms with Crippen molar-refractivity contribution >= 4 is 23.6 Å². The molecule has 0 saturated heterocycles. The maximum absolute atomic E-state index is 13.9. The van der Waals surface area contributed by atoms with E-state index in [-0.39, 0.29) is 55.8 Å². The van der Waals surface area contributed by atoms with E-state index >= 15 is 0 Å². The molecule has 4 rings (SSSR count). The van der Waals surface area contributed by atoms with Gasteiger partial charge in [0, 0.05) is 13.5 Å². The number of likely N-dealkylation sites (N-methyl/N-ethyl adjacent to an activating group) is 1. The van der Waals surface area contributed by atoms with Crippen LogP contribution < -0.4 is 25.4 Å². The summed E-state index contributed by atoms with van der Waals surface area (Å²) in [4.78, 5) is 55.6. The van der Waals surface area contributed by atoms with Gasteiger partial charge in [0.05, 0.1) is 18.2 Å². The Bertz CT molecular complexity index is 1500. The molecule has 0 saturated carbocycles. The van der Waals surface area contributed by atoms with Crippen molar-refractivity contribution in [3.8, 4) is 11.5 Å². The number of halogens is 1. The summed E-state index contributed by atoms with van der Waals surface area (Å²) >= 11 is 0. The molecule has 3 aromatic carbocycles. The van der Waals surface area contributed by atoms with Crippen LogP contribution in [0.1, 0.15) is 49.0 Å². The number of hydrogen-bond acceptors (Lipinski definition) is 6. The van der Waals surface area contributed by atoms with E-state index < -0.39 is 35.8 Å². The Balaban J connectivity index is 1.56. The normalized spacial score (nSPS) is 19.4. The summed E-state index contributed by atoms with van der Waals surface area (Å²) in [5.41, 5.74) is 1.22. The Morgan fingerprint density at radius 3 is 2.43 bits per heavy atom. The van der Waals surface area contributed by atoms with Crippen molar-refractivity contribution in [2.45, 2.75) is 57.7 Å². The summed E-state index contributed by atoms with van der Waals surface area (Å²) in [6.07, 6.45) is 0.792. The molecule has 3 aromatic rings. The molecule has 11 heteroatoms. The molecule has 0 unspecified atom stereocenters. The Morgan fingerprint density at radius 2 is 1.70 bits per heavy atom. The fraction of sp³-hybridized carbons (Fsp3) is 0.389. The first-order valence-electron chi connectivity index (χ1n) is 15.9. The van der Waals surface area contributed by atoms with E-state index in [0.717, 1.165) is 5.56 Å². The third-order valence-corrected chi connectivity index (χ3v) is 7.88. The number of nitrogens with one attached hydrogen (secondary N) is 3. The van der Waals surface area contributed by atoms with Crippen LogP contribution in [0.25, 0.3) is 0 Å². The summed E-state index contributed by atoms with van der Waals surface area (Å²) in [7, 11) is 1.70. The van der Waals surface area contributed by atoms with Gasteiger partial charge >= 0.3 is 0 Å². The van der Waals surface area contributed by atoms with E-state index in [1.165, 1.54) is 24.3 Å².